The molecule has 0 saturated heterocycles. The lowest BCUT2D eigenvalue weighted by molar-refractivity contribution is -0.131. The van der Waals surface area contributed by atoms with Crippen molar-refractivity contribution >= 4 is 16.7 Å². The minimum Gasteiger partial charge on any atom is -0.507 e. The molecule has 16 heavy (non-hydrogen) atoms. The number of aromatic hydroxyl groups is 1. The second-order valence-corrected chi connectivity index (χ2v) is 3.98. The number of esters is 1. The van der Waals surface area contributed by atoms with Gasteiger partial charge in [-0.05, 0) is 12.5 Å². The number of hydrogen-bond donors (Lipinski definition) is 1. The Hall–Kier alpha value is -2.03. The number of phenolic OH excluding ortho intramolecular Hbond substituents is 1. The second kappa shape index (κ2) is 2.98. The summed E-state index contributed by atoms with van der Waals surface area (Å²) in [6.07, 6.45) is 0.250. The molecule has 1 N–H and O–H groups in total. The van der Waals surface area contributed by atoms with Crippen molar-refractivity contribution in [3.05, 3.63) is 35.4 Å². The highest BCUT2D eigenvalue weighted by Gasteiger charge is 2.26. The van der Waals surface area contributed by atoms with Gasteiger partial charge in [-0.1, -0.05) is 24.3 Å². The molecule has 0 radical (unpaired) electrons. The third-order valence-electron chi connectivity index (χ3n) is 3.05. The molecule has 0 fully saturated rings. The second-order valence-electron chi connectivity index (χ2n) is 3.98. The Morgan fingerprint density at radius 3 is 2.69 bits per heavy atom. The minimum atomic E-state index is -0.256. The molecular formula is C13H10O3. The molecule has 2 aromatic carbocycles. The molecule has 3 heteroatoms. The summed E-state index contributed by atoms with van der Waals surface area (Å²) < 4.78 is 5.21. The molecule has 2 aromatic rings. The summed E-state index contributed by atoms with van der Waals surface area (Å²) in [5.74, 6) is 0.595. The summed E-state index contributed by atoms with van der Waals surface area (Å²) in [6.45, 7) is 1.81. The highest BCUT2D eigenvalue weighted by atomic mass is 16.5. The molecule has 1 aliphatic rings. The van der Waals surface area contributed by atoms with Crippen molar-refractivity contribution in [3.8, 4) is 11.5 Å². The van der Waals surface area contributed by atoms with Crippen molar-refractivity contribution < 1.29 is 14.6 Å². The summed E-state index contributed by atoms with van der Waals surface area (Å²) >= 11 is 0. The number of carbonyl (C=O) groups is 1. The number of benzene rings is 2. The van der Waals surface area contributed by atoms with Gasteiger partial charge in [-0.15, -0.1) is 0 Å². The van der Waals surface area contributed by atoms with Crippen molar-refractivity contribution in [1.82, 2.24) is 0 Å². The zero-order valence-electron chi connectivity index (χ0n) is 8.78. The molecule has 0 saturated carbocycles. The molecule has 1 heterocycles. The van der Waals surface area contributed by atoms with Crippen LogP contribution < -0.4 is 4.74 Å². The van der Waals surface area contributed by atoms with Crippen LogP contribution in [0, 0.1) is 6.92 Å². The summed E-state index contributed by atoms with van der Waals surface area (Å²) in [5.41, 5.74) is 1.54. The van der Waals surface area contributed by atoms with Crippen LogP contribution in [0.15, 0.2) is 24.3 Å². The van der Waals surface area contributed by atoms with E-state index in [2.05, 4.69) is 0 Å². The van der Waals surface area contributed by atoms with Gasteiger partial charge in [-0.3, -0.25) is 4.79 Å². The van der Waals surface area contributed by atoms with Crippen molar-refractivity contribution in [2.45, 2.75) is 13.3 Å². The molecule has 0 atom stereocenters. The molecule has 0 unspecified atom stereocenters. The number of phenols is 1. The number of fused-ring (bicyclic) bond motifs is 3. The summed E-state index contributed by atoms with van der Waals surface area (Å²) in [6, 6.07) is 7.39. The maximum atomic E-state index is 11.3. The van der Waals surface area contributed by atoms with Crippen LogP contribution in [0.3, 0.4) is 0 Å². The van der Waals surface area contributed by atoms with Crippen LogP contribution >= 0.6 is 0 Å². The van der Waals surface area contributed by atoms with Gasteiger partial charge in [0, 0.05) is 16.3 Å². The maximum Gasteiger partial charge on any atom is 0.315 e. The molecular weight excluding hydrogens is 204 g/mol. The van der Waals surface area contributed by atoms with Crippen molar-refractivity contribution in [2.75, 3.05) is 0 Å². The van der Waals surface area contributed by atoms with Crippen molar-refractivity contribution in [3.63, 3.8) is 0 Å². The van der Waals surface area contributed by atoms with E-state index in [1.165, 1.54) is 0 Å². The Bertz CT molecular complexity index is 614. The van der Waals surface area contributed by atoms with E-state index in [0.29, 0.717) is 5.75 Å². The fourth-order valence-corrected chi connectivity index (χ4v) is 2.19. The minimum absolute atomic E-state index is 0.243. The van der Waals surface area contributed by atoms with Crippen LogP contribution in [0.1, 0.15) is 11.1 Å². The molecule has 1 aliphatic heterocycles. The van der Waals surface area contributed by atoms with Crippen molar-refractivity contribution in [1.29, 1.82) is 0 Å². The quantitative estimate of drug-likeness (QED) is 0.540. The van der Waals surface area contributed by atoms with Gasteiger partial charge in [0.15, 0.2) is 0 Å². The molecule has 0 spiro atoms. The molecule has 0 bridgehead atoms. The lowest BCUT2D eigenvalue weighted by Gasteiger charge is -2.09. The standard InChI is InChI=1S/C13H10O3/c1-7-10-6-11(14)16-13(10)9-5-3-2-4-8(9)12(7)15/h2-5,15H,6H2,1H3. The third-order valence-corrected chi connectivity index (χ3v) is 3.05. The first-order valence-corrected chi connectivity index (χ1v) is 5.12. The number of rotatable bonds is 0. The van der Waals surface area contributed by atoms with E-state index in [1.54, 1.807) is 0 Å². The van der Waals surface area contributed by atoms with Gasteiger partial charge in [-0.2, -0.15) is 0 Å². The van der Waals surface area contributed by atoms with Gasteiger partial charge in [0.1, 0.15) is 11.5 Å². The molecule has 0 amide bonds. The molecule has 0 aliphatic carbocycles. The summed E-state index contributed by atoms with van der Waals surface area (Å²) in [5, 5.41) is 11.6. The lowest BCUT2D eigenvalue weighted by atomic mass is 9.98. The van der Waals surface area contributed by atoms with Gasteiger partial charge in [0.25, 0.3) is 0 Å². The average molecular weight is 214 g/mol. The van der Waals surface area contributed by atoms with Gasteiger partial charge in [0.2, 0.25) is 0 Å². The van der Waals surface area contributed by atoms with Gasteiger partial charge >= 0.3 is 5.97 Å². The SMILES string of the molecule is Cc1c2c(c3ccccc3c1O)OC(=O)C2. The van der Waals surface area contributed by atoms with Gasteiger partial charge in [0.05, 0.1) is 6.42 Å². The largest absolute Gasteiger partial charge is 0.507 e. The zero-order valence-corrected chi connectivity index (χ0v) is 8.78. The monoisotopic (exact) mass is 214 g/mol. The van der Waals surface area contributed by atoms with E-state index in [0.717, 1.165) is 21.9 Å². The predicted octanol–water partition coefficient (Wildman–Crippen LogP) is 2.32. The Morgan fingerprint density at radius 1 is 1.25 bits per heavy atom. The normalized spacial score (nSPS) is 13.9. The van der Waals surface area contributed by atoms with E-state index in [-0.39, 0.29) is 18.1 Å². The molecule has 3 rings (SSSR count). The highest BCUT2D eigenvalue weighted by molar-refractivity contribution is 6.00. The van der Waals surface area contributed by atoms with Crippen LogP contribution in [0.25, 0.3) is 10.8 Å². The molecule has 3 nitrogen and oxygen atoms in total. The molecule has 80 valence electrons. The van der Waals surface area contributed by atoms with E-state index in [9.17, 15) is 9.90 Å². The first kappa shape index (κ1) is 9.21. The van der Waals surface area contributed by atoms with Crippen LogP contribution in [0.2, 0.25) is 0 Å². The van der Waals surface area contributed by atoms with Crippen LogP contribution in [-0.2, 0) is 11.2 Å². The number of ether oxygens (including phenoxy) is 1. The Morgan fingerprint density at radius 2 is 1.94 bits per heavy atom. The fourth-order valence-electron chi connectivity index (χ4n) is 2.19. The Balaban J connectivity index is 2.49. The first-order chi connectivity index (χ1) is 7.68. The van der Waals surface area contributed by atoms with Gasteiger partial charge in [-0.25, -0.2) is 0 Å². The first-order valence-electron chi connectivity index (χ1n) is 5.12. The van der Waals surface area contributed by atoms with Crippen LogP contribution in [0.5, 0.6) is 11.5 Å². The molecule has 0 aromatic heterocycles. The topological polar surface area (TPSA) is 46.5 Å². The third kappa shape index (κ3) is 1.05. The predicted molar refractivity (Wildman–Crippen MR) is 59.7 cm³/mol. The lowest BCUT2D eigenvalue weighted by Crippen LogP contribution is -2.00. The van der Waals surface area contributed by atoms with Crippen LogP contribution in [0.4, 0.5) is 0 Å². The van der Waals surface area contributed by atoms with E-state index < -0.39 is 0 Å². The fraction of sp³-hybridized carbons (Fsp3) is 0.154. The zero-order chi connectivity index (χ0) is 11.3. The van der Waals surface area contributed by atoms with Crippen molar-refractivity contribution in [2.24, 2.45) is 0 Å². The van der Waals surface area contributed by atoms with Gasteiger partial charge < -0.3 is 9.84 Å². The Kier molecular flexibility index (Phi) is 1.72. The van der Waals surface area contributed by atoms with E-state index >= 15 is 0 Å². The van der Waals surface area contributed by atoms with E-state index in [1.807, 2.05) is 31.2 Å². The smallest absolute Gasteiger partial charge is 0.315 e. The summed E-state index contributed by atoms with van der Waals surface area (Å²) in [7, 11) is 0. The number of carbonyl (C=O) groups excluding carboxylic acids is 1. The summed E-state index contributed by atoms with van der Waals surface area (Å²) in [4.78, 5) is 11.3. The van der Waals surface area contributed by atoms with E-state index in [4.69, 9.17) is 4.74 Å². The average Bonchev–Trinajstić information content (AvgIpc) is 2.68. The Labute approximate surface area is 92.3 Å². The van der Waals surface area contributed by atoms with Crippen LogP contribution in [-0.4, -0.2) is 11.1 Å². The number of hydrogen-bond acceptors (Lipinski definition) is 3. The highest BCUT2D eigenvalue weighted by Crippen LogP contribution is 2.42. The maximum absolute atomic E-state index is 11.3.